The summed E-state index contributed by atoms with van der Waals surface area (Å²) in [6.07, 6.45) is 2.76. The molecule has 170 valence electrons. The summed E-state index contributed by atoms with van der Waals surface area (Å²) in [5, 5.41) is 2.78. The molecule has 2 aromatic rings. The number of carbonyl (C=O) groups is 2. The van der Waals surface area contributed by atoms with Crippen LogP contribution in [0.5, 0.6) is 0 Å². The Morgan fingerprint density at radius 3 is 2.56 bits per heavy atom. The molecule has 0 bridgehead atoms. The number of nitrogens with one attached hydrogen (secondary N) is 2. The number of fused-ring (bicyclic) bond motifs is 1. The van der Waals surface area contributed by atoms with E-state index >= 15 is 0 Å². The van der Waals surface area contributed by atoms with Gasteiger partial charge >= 0.3 is 0 Å². The average Bonchev–Trinajstić information content (AvgIpc) is 2.76. The van der Waals surface area contributed by atoms with Crippen LogP contribution in [0, 0.1) is 5.41 Å². The molecule has 0 aromatic carbocycles. The Kier molecular flexibility index (Phi) is 6.15. The smallest absolute Gasteiger partial charge is 0.261 e. The fraction of sp³-hybridized carbons (Fsp3) is 0.500. The molecule has 4 rings (SSSR count). The third-order valence-corrected chi connectivity index (χ3v) is 6.37. The van der Waals surface area contributed by atoms with E-state index in [1.807, 2.05) is 26.0 Å². The molecule has 1 saturated heterocycles. The van der Waals surface area contributed by atoms with Crippen LogP contribution >= 0.6 is 0 Å². The normalized spacial score (nSPS) is 18.3. The lowest BCUT2D eigenvalue weighted by Gasteiger charge is -2.34. The van der Waals surface area contributed by atoms with Gasteiger partial charge in [0.2, 0.25) is 0 Å². The van der Waals surface area contributed by atoms with E-state index in [2.05, 4.69) is 32.0 Å². The Hall–Kier alpha value is -3.00. The van der Waals surface area contributed by atoms with Gasteiger partial charge in [0.05, 0.1) is 0 Å². The van der Waals surface area contributed by atoms with E-state index in [0.717, 1.165) is 44.1 Å². The van der Waals surface area contributed by atoms with Gasteiger partial charge in [-0.25, -0.2) is 4.98 Å². The molecular weight excluding hydrogens is 406 g/mol. The van der Waals surface area contributed by atoms with Crippen molar-refractivity contribution in [3.05, 3.63) is 57.1 Å². The van der Waals surface area contributed by atoms with Crippen molar-refractivity contribution in [1.82, 2.24) is 20.2 Å². The Morgan fingerprint density at radius 1 is 1.16 bits per heavy atom. The number of aromatic nitrogens is 2. The van der Waals surface area contributed by atoms with Crippen LogP contribution in [0.15, 0.2) is 29.2 Å². The molecule has 3 heterocycles. The molecule has 32 heavy (non-hydrogen) atoms. The van der Waals surface area contributed by atoms with E-state index in [1.165, 1.54) is 6.07 Å². The maximum Gasteiger partial charge on any atom is 0.261 e. The number of anilines is 1. The summed E-state index contributed by atoms with van der Waals surface area (Å²) in [6.45, 7) is 11.5. The number of Topliss-reactive ketones (excluding diaryl/α,β-unsaturated/α-hetero) is 1. The number of carbonyl (C=O) groups excluding carboxylic acids is 2. The first-order valence-electron chi connectivity index (χ1n) is 11.3. The van der Waals surface area contributed by atoms with Crippen LogP contribution < -0.4 is 15.8 Å². The highest BCUT2D eigenvalue weighted by molar-refractivity contribution is 6.02. The Labute approximate surface area is 188 Å². The molecule has 1 amide bonds. The van der Waals surface area contributed by atoms with Crippen LogP contribution in [-0.2, 0) is 13.0 Å². The molecule has 0 unspecified atom stereocenters. The lowest BCUT2D eigenvalue weighted by atomic mass is 9.75. The zero-order chi connectivity index (χ0) is 22.9. The number of amides is 1. The van der Waals surface area contributed by atoms with Crippen molar-refractivity contribution in [2.45, 2.75) is 40.2 Å². The van der Waals surface area contributed by atoms with E-state index in [0.29, 0.717) is 24.1 Å². The predicted molar refractivity (Wildman–Crippen MR) is 123 cm³/mol. The van der Waals surface area contributed by atoms with E-state index in [-0.39, 0.29) is 23.3 Å². The second kappa shape index (κ2) is 8.86. The van der Waals surface area contributed by atoms with Crippen molar-refractivity contribution in [3.8, 4) is 0 Å². The minimum Gasteiger partial charge on any atom is -0.354 e. The zero-order valence-corrected chi connectivity index (χ0v) is 19.0. The van der Waals surface area contributed by atoms with Crippen molar-refractivity contribution in [3.63, 3.8) is 0 Å². The number of nitrogens with zero attached hydrogens (tertiary/aromatic N) is 3. The van der Waals surface area contributed by atoms with E-state index in [4.69, 9.17) is 0 Å². The minimum absolute atomic E-state index is 0.0322. The van der Waals surface area contributed by atoms with Gasteiger partial charge < -0.3 is 20.1 Å². The van der Waals surface area contributed by atoms with Gasteiger partial charge in [-0.15, -0.1) is 0 Å². The second-order valence-corrected chi connectivity index (χ2v) is 9.47. The van der Waals surface area contributed by atoms with Crippen LogP contribution in [0.1, 0.15) is 59.2 Å². The number of hydrogen-bond donors (Lipinski definition) is 2. The lowest BCUT2D eigenvalue weighted by molar-refractivity contribution is 0.0910. The van der Waals surface area contributed by atoms with Crippen LogP contribution in [0.2, 0.25) is 0 Å². The van der Waals surface area contributed by atoms with Crippen molar-refractivity contribution in [2.24, 2.45) is 5.41 Å². The second-order valence-electron chi connectivity index (χ2n) is 9.47. The fourth-order valence-electron chi connectivity index (χ4n) is 4.48. The molecule has 2 aromatic heterocycles. The summed E-state index contributed by atoms with van der Waals surface area (Å²) in [5.74, 6) is 0.399. The first kappa shape index (κ1) is 22.2. The van der Waals surface area contributed by atoms with Gasteiger partial charge in [-0.3, -0.25) is 14.4 Å². The number of rotatable bonds is 5. The third kappa shape index (κ3) is 4.75. The van der Waals surface area contributed by atoms with Crippen LogP contribution in [0.25, 0.3) is 0 Å². The maximum atomic E-state index is 12.7. The van der Waals surface area contributed by atoms with Gasteiger partial charge in [0.1, 0.15) is 11.4 Å². The monoisotopic (exact) mass is 437 g/mol. The van der Waals surface area contributed by atoms with E-state index < -0.39 is 11.5 Å². The first-order chi connectivity index (χ1) is 15.3. The Bertz CT molecular complexity index is 1070. The summed E-state index contributed by atoms with van der Waals surface area (Å²) in [6, 6.07) is 5.35. The average molecular weight is 438 g/mol. The van der Waals surface area contributed by atoms with Gasteiger partial charge in [-0.05, 0) is 36.1 Å². The molecule has 8 heteroatoms. The highest BCUT2D eigenvalue weighted by Crippen LogP contribution is 2.33. The fourth-order valence-corrected chi connectivity index (χ4v) is 4.48. The van der Waals surface area contributed by atoms with Gasteiger partial charge in [0.15, 0.2) is 5.78 Å². The van der Waals surface area contributed by atoms with Crippen molar-refractivity contribution < 1.29 is 9.59 Å². The highest BCUT2D eigenvalue weighted by atomic mass is 16.2. The van der Waals surface area contributed by atoms with E-state index in [1.54, 1.807) is 6.20 Å². The number of piperazine rings is 1. The number of pyridine rings is 2. The summed E-state index contributed by atoms with van der Waals surface area (Å²) < 4.78 is 0. The largest absolute Gasteiger partial charge is 0.354 e. The van der Waals surface area contributed by atoms with E-state index in [9.17, 15) is 14.4 Å². The summed E-state index contributed by atoms with van der Waals surface area (Å²) in [4.78, 5) is 49.6. The van der Waals surface area contributed by atoms with Crippen molar-refractivity contribution in [1.29, 1.82) is 0 Å². The number of H-pyrrole nitrogens is 1. The maximum absolute atomic E-state index is 12.7. The number of likely N-dealkylation sites (N-methyl/N-ethyl adjacent to an activating group) is 1. The molecule has 1 aliphatic carbocycles. The molecule has 2 aliphatic rings. The molecule has 0 radical (unpaired) electrons. The van der Waals surface area contributed by atoms with Crippen molar-refractivity contribution >= 4 is 17.5 Å². The zero-order valence-electron chi connectivity index (χ0n) is 19.0. The van der Waals surface area contributed by atoms with Crippen molar-refractivity contribution in [2.75, 3.05) is 37.6 Å². The molecule has 0 spiro atoms. The van der Waals surface area contributed by atoms with Crippen LogP contribution in [-0.4, -0.2) is 59.3 Å². The minimum atomic E-state index is -0.494. The Balaban J connectivity index is 1.40. The van der Waals surface area contributed by atoms with Gasteiger partial charge in [0.25, 0.3) is 11.5 Å². The standard InChI is InChI=1S/C24H31N5O3/c1-4-28-7-9-29(10-8-28)21-6-5-16(14-25-21)15-26-22(31)18-11-17-19(27-23(18)32)12-24(2,3)13-20(17)30/h5-6,11,14H,4,7-10,12-13,15H2,1-3H3,(H,26,31)(H,27,32). The lowest BCUT2D eigenvalue weighted by Crippen LogP contribution is -2.46. The molecule has 2 N–H and O–H groups in total. The Morgan fingerprint density at radius 2 is 1.91 bits per heavy atom. The molecule has 0 saturated carbocycles. The third-order valence-electron chi connectivity index (χ3n) is 6.37. The molecule has 8 nitrogen and oxygen atoms in total. The summed E-state index contributed by atoms with van der Waals surface area (Å²) in [5.41, 5.74) is 1.22. The van der Waals surface area contributed by atoms with Crippen LogP contribution in [0.4, 0.5) is 5.82 Å². The molecular formula is C24H31N5O3. The van der Waals surface area contributed by atoms with Gasteiger partial charge in [-0.2, -0.15) is 0 Å². The first-order valence-corrected chi connectivity index (χ1v) is 11.3. The molecule has 1 aliphatic heterocycles. The van der Waals surface area contributed by atoms with Crippen LogP contribution in [0.3, 0.4) is 0 Å². The molecule has 1 fully saturated rings. The predicted octanol–water partition coefficient (Wildman–Crippen LogP) is 2.00. The van der Waals surface area contributed by atoms with Gasteiger partial charge in [-0.1, -0.05) is 26.8 Å². The number of aromatic amines is 1. The van der Waals surface area contributed by atoms with Gasteiger partial charge in [0, 0.05) is 56.6 Å². The summed E-state index contributed by atoms with van der Waals surface area (Å²) in [7, 11) is 0. The highest BCUT2D eigenvalue weighted by Gasteiger charge is 2.32. The molecule has 0 atom stereocenters. The number of ketones is 1. The topological polar surface area (TPSA) is 98.4 Å². The summed E-state index contributed by atoms with van der Waals surface area (Å²) >= 11 is 0. The number of hydrogen-bond acceptors (Lipinski definition) is 6. The quantitative estimate of drug-likeness (QED) is 0.742. The SMILES string of the molecule is CCN1CCN(c2ccc(CNC(=O)c3cc4c([nH]c3=O)CC(C)(C)CC4=O)cn2)CC1.